The van der Waals surface area contributed by atoms with Crippen molar-refractivity contribution in [1.29, 1.82) is 0 Å². The fourth-order valence-electron chi connectivity index (χ4n) is 3.70. The molecule has 0 bridgehead atoms. The Bertz CT molecular complexity index is 1010. The molecule has 0 unspecified atom stereocenters. The topological polar surface area (TPSA) is 126 Å². The van der Waals surface area contributed by atoms with E-state index in [9.17, 15) is 14.4 Å². The minimum Gasteiger partial charge on any atom is -0.495 e. The van der Waals surface area contributed by atoms with Crippen LogP contribution >= 0.6 is 11.6 Å². The van der Waals surface area contributed by atoms with Gasteiger partial charge in [-0.2, -0.15) is 0 Å². The van der Waals surface area contributed by atoms with E-state index >= 15 is 0 Å². The van der Waals surface area contributed by atoms with E-state index < -0.39 is 12.0 Å². The van der Waals surface area contributed by atoms with Crippen LogP contribution < -0.4 is 25.4 Å². The molecule has 0 spiro atoms. The number of carboxylic acids is 1. The molecule has 0 atom stereocenters. The molecule has 0 aromatic heterocycles. The average molecular weight is 490 g/mol. The van der Waals surface area contributed by atoms with Gasteiger partial charge in [0.2, 0.25) is 0 Å². The minimum atomic E-state index is -0.744. The third-order valence-electron chi connectivity index (χ3n) is 5.55. The zero-order chi connectivity index (χ0) is 24.5. The molecule has 1 saturated carbocycles. The van der Waals surface area contributed by atoms with E-state index in [0.29, 0.717) is 53.5 Å². The molecule has 10 heteroatoms. The SMILES string of the molecule is COc1ccc(Cl)cc1NC(=O)NCCNC(=O)c1ccc(OC2CCC(C(=O)O)CC2)cc1. The summed E-state index contributed by atoms with van der Waals surface area (Å²) in [4.78, 5) is 35.5. The van der Waals surface area contributed by atoms with Crippen LogP contribution in [0.25, 0.3) is 0 Å². The summed E-state index contributed by atoms with van der Waals surface area (Å²) in [6.45, 7) is 0.463. The summed E-state index contributed by atoms with van der Waals surface area (Å²) in [7, 11) is 1.49. The largest absolute Gasteiger partial charge is 0.495 e. The number of urea groups is 1. The van der Waals surface area contributed by atoms with Crippen molar-refractivity contribution in [3.8, 4) is 11.5 Å². The number of aliphatic carboxylic acids is 1. The molecule has 182 valence electrons. The summed E-state index contributed by atoms with van der Waals surface area (Å²) in [5, 5.41) is 17.6. The highest BCUT2D eigenvalue weighted by Gasteiger charge is 2.26. The summed E-state index contributed by atoms with van der Waals surface area (Å²) < 4.78 is 11.1. The maximum atomic E-state index is 12.3. The van der Waals surface area contributed by atoms with E-state index in [1.807, 2.05) is 0 Å². The van der Waals surface area contributed by atoms with Gasteiger partial charge in [-0.25, -0.2) is 4.79 Å². The maximum absolute atomic E-state index is 12.3. The Morgan fingerprint density at radius 2 is 1.68 bits per heavy atom. The molecule has 0 heterocycles. The molecule has 1 aliphatic carbocycles. The lowest BCUT2D eigenvalue weighted by molar-refractivity contribution is -0.143. The van der Waals surface area contributed by atoms with Crippen LogP contribution in [0.2, 0.25) is 5.02 Å². The standard InChI is InChI=1S/C24H28ClN3O6/c1-33-21-11-6-17(25)14-20(21)28-24(32)27-13-12-26-22(29)15-2-7-18(8-3-15)34-19-9-4-16(5-10-19)23(30)31/h2-3,6-8,11,14,16,19H,4-5,9-10,12-13H2,1H3,(H,26,29)(H,30,31)(H2,27,28,32). The minimum absolute atomic E-state index is 0.0145. The number of ether oxygens (including phenoxy) is 2. The number of hydrogen-bond donors (Lipinski definition) is 4. The molecular formula is C24H28ClN3O6. The highest BCUT2D eigenvalue weighted by Crippen LogP contribution is 2.28. The van der Waals surface area contributed by atoms with Gasteiger partial charge in [0.15, 0.2) is 0 Å². The Labute approximate surface area is 202 Å². The predicted octanol–water partition coefficient (Wildman–Crippen LogP) is 3.92. The van der Waals surface area contributed by atoms with Crippen molar-refractivity contribution < 1.29 is 29.0 Å². The number of nitrogens with one attached hydrogen (secondary N) is 3. The van der Waals surface area contributed by atoms with Gasteiger partial charge >= 0.3 is 12.0 Å². The quantitative estimate of drug-likeness (QED) is 0.395. The number of carbonyl (C=O) groups is 3. The summed E-state index contributed by atoms with van der Waals surface area (Å²) >= 11 is 5.95. The van der Waals surface area contributed by atoms with Crippen molar-refractivity contribution in [2.45, 2.75) is 31.8 Å². The van der Waals surface area contributed by atoms with Gasteiger partial charge in [0, 0.05) is 23.7 Å². The van der Waals surface area contributed by atoms with E-state index in [4.69, 9.17) is 26.2 Å². The number of anilines is 1. The second-order valence-corrected chi connectivity index (χ2v) is 8.37. The maximum Gasteiger partial charge on any atom is 0.319 e. The Morgan fingerprint density at radius 3 is 2.32 bits per heavy atom. The van der Waals surface area contributed by atoms with Crippen molar-refractivity contribution in [1.82, 2.24) is 10.6 Å². The van der Waals surface area contributed by atoms with Gasteiger partial charge in [-0.15, -0.1) is 0 Å². The number of carboxylic acid groups (broad SMARTS) is 1. The second kappa shape index (κ2) is 12.1. The first-order chi connectivity index (χ1) is 16.4. The van der Waals surface area contributed by atoms with Gasteiger partial charge in [0.1, 0.15) is 11.5 Å². The molecule has 0 radical (unpaired) electrons. The molecule has 3 rings (SSSR count). The van der Waals surface area contributed by atoms with Crippen LogP contribution in [0.15, 0.2) is 42.5 Å². The van der Waals surface area contributed by atoms with E-state index in [1.165, 1.54) is 7.11 Å². The van der Waals surface area contributed by atoms with E-state index in [-0.39, 0.29) is 31.0 Å². The van der Waals surface area contributed by atoms with E-state index in [0.717, 1.165) is 0 Å². The Kier molecular flexibility index (Phi) is 8.98. The third kappa shape index (κ3) is 7.28. The number of benzene rings is 2. The highest BCUT2D eigenvalue weighted by molar-refractivity contribution is 6.31. The second-order valence-electron chi connectivity index (χ2n) is 7.94. The van der Waals surface area contributed by atoms with Crippen molar-refractivity contribution in [3.63, 3.8) is 0 Å². The van der Waals surface area contributed by atoms with Gasteiger partial charge in [-0.05, 0) is 68.1 Å². The summed E-state index contributed by atoms with van der Waals surface area (Å²) in [5.41, 5.74) is 0.906. The zero-order valence-electron chi connectivity index (χ0n) is 18.8. The van der Waals surface area contributed by atoms with Crippen LogP contribution in [0.3, 0.4) is 0 Å². The lowest BCUT2D eigenvalue weighted by Gasteiger charge is -2.26. The molecule has 34 heavy (non-hydrogen) atoms. The molecular weight excluding hydrogens is 462 g/mol. The number of halogens is 1. The molecule has 3 amide bonds. The van der Waals surface area contributed by atoms with Gasteiger partial charge in [0.25, 0.3) is 5.91 Å². The predicted molar refractivity (Wildman–Crippen MR) is 128 cm³/mol. The van der Waals surface area contributed by atoms with Gasteiger partial charge < -0.3 is 30.5 Å². The number of carbonyl (C=O) groups excluding carboxylic acids is 2. The first-order valence-electron chi connectivity index (χ1n) is 11.0. The van der Waals surface area contributed by atoms with E-state index in [2.05, 4.69) is 16.0 Å². The summed E-state index contributed by atoms with van der Waals surface area (Å²) in [6.07, 6.45) is 2.60. The monoisotopic (exact) mass is 489 g/mol. The van der Waals surface area contributed by atoms with Crippen LogP contribution in [-0.4, -0.2) is 49.3 Å². The first-order valence-corrected chi connectivity index (χ1v) is 11.4. The van der Waals surface area contributed by atoms with Crippen LogP contribution in [0, 0.1) is 5.92 Å². The van der Waals surface area contributed by atoms with Crippen molar-refractivity contribution in [2.75, 3.05) is 25.5 Å². The van der Waals surface area contributed by atoms with Crippen LogP contribution in [0.4, 0.5) is 10.5 Å². The molecule has 4 N–H and O–H groups in total. The molecule has 0 aliphatic heterocycles. The fourth-order valence-corrected chi connectivity index (χ4v) is 3.88. The fraction of sp³-hybridized carbons (Fsp3) is 0.375. The zero-order valence-corrected chi connectivity index (χ0v) is 19.6. The molecule has 1 fully saturated rings. The third-order valence-corrected chi connectivity index (χ3v) is 5.78. The van der Waals surface area contributed by atoms with Gasteiger partial charge in [-0.3, -0.25) is 9.59 Å². The highest BCUT2D eigenvalue weighted by atomic mass is 35.5. The molecule has 2 aromatic rings. The van der Waals surface area contributed by atoms with Crippen LogP contribution in [-0.2, 0) is 4.79 Å². The normalized spacial score (nSPS) is 17.4. The van der Waals surface area contributed by atoms with Crippen molar-refractivity contribution in [2.24, 2.45) is 5.92 Å². The number of amides is 3. The van der Waals surface area contributed by atoms with Gasteiger partial charge in [-0.1, -0.05) is 11.6 Å². The molecule has 1 aliphatic rings. The lowest BCUT2D eigenvalue weighted by atomic mass is 9.87. The molecule has 9 nitrogen and oxygen atoms in total. The lowest BCUT2D eigenvalue weighted by Crippen LogP contribution is -2.36. The first kappa shape index (κ1) is 25.2. The summed E-state index contributed by atoms with van der Waals surface area (Å²) in [5.74, 6) is -0.178. The van der Waals surface area contributed by atoms with Crippen molar-refractivity contribution >= 4 is 35.2 Å². The molecule has 2 aromatic carbocycles. The Morgan fingerprint density at radius 1 is 1.00 bits per heavy atom. The number of methoxy groups -OCH3 is 1. The summed E-state index contributed by atoms with van der Waals surface area (Å²) in [6, 6.07) is 11.2. The van der Waals surface area contributed by atoms with Gasteiger partial charge in [0.05, 0.1) is 24.8 Å². The van der Waals surface area contributed by atoms with Crippen molar-refractivity contribution in [3.05, 3.63) is 53.1 Å². The molecule has 0 saturated heterocycles. The van der Waals surface area contributed by atoms with Crippen LogP contribution in [0.5, 0.6) is 11.5 Å². The number of hydrogen-bond acceptors (Lipinski definition) is 5. The van der Waals surface area contributed by atoms with E-state index in [1.54, 1.807) is 42.5 Å². The smallest absolute Gasteiger partial charge is 0.319 e. The van der Waals surface area contributed by atoms with Crippen LogP contribution in [0.1, 0.15) is 36.0 Å². The average Bonchev–Trinajstić information content (AvgIpc) is 2.82. The Balaban J connectivity index is 1.38. The number of rotatable bonds is 9. The Hall–Kier alpha value is -3.46.